The summed E-state index contributed by atoms with van der Waals surface area (Å²) < 4.78 is 0. The van der Waals surface area contributed by atoms with E-state index in [-0.39, 0.29) is 18.4 Å². The van der Waals surface area contributed by atoms with Crippen molar-refractivity contribution in [2.45, 2.75) is 64.8 Å². The van der Waals surface area contributed by atoms with Crippen LogP contribution in [-0.2, 0) is 4.79 Å². The summed E-state index contributed by atoms with van der Waals surface area (Å²) in [6, 6.07) is 9.03. The lowest BCUT2D eigenvalue weighted by Gasteiger charge is -2.34. The molecule has 1 aromatic rings. The van der Waals surface area contributed by atoms with Crippen LogP contribution in [0.15, 0.2) is 24.3 Å². The summed E-state index contributed by atoms with van der Waals surface area (Å²) in [5, 5.41) is 3.43. The molecule has 4 heteroatoms. The van der Waals surface area contributed by atoms with Crippen molar-refractivity contribution in [1.82, 2.24) is 10.2 Å². The van der Waals surface area contributed by atoms with Crippen molar-refractivity contribution in [2.24, 2.45) is 11.8 Å². The molecule has 2 atom stereocenters. The highest BCUT2D eigenvalue weighted by Crippen LogP contribution is 2.33. The van der Waals surface area contributed by atoms with Crippen LogP contribution >= 0.6 is 12.4 Å². The first-order valence-corrected chi connectivity index (χ1v) is 10.2. The van der Waals surface area contributed by atoms with Gasteiger partial charge in [0.05, 0.1) is 6.04 Å². The highest BCUT2D eigenvalue weighted by molar-refractivity contribution is 5.85. The molecule has 0 bridgehead atoms. The second-order valence-corrected chi connectivity index (χ2v) is 8.14. The number of nitrogens with zero attached hydrogens (tertiary/aromatic N) is 1. The van der Waals surface area contributed by atoms with Gasteiger partial charge in [-0.15, -0.1) is 12.4 Å². The molecule has 2 saturated heterocycles. The maximum Gasteiger partial charge on any atom is 0.223 e. The Hall–Kier alpha value is -1.06. The second kappa shape index (κ2) is 10.3. The number of carbonyl (C=O) groups is 1. The summed E-state index contributed by atoms with van der Waals surface area (Å²) in [4.78, 5) is 15.4. The maximum atomic E-state index is 13.2. The summed E-state index contributed by atoms with van der Waals surface area (Å²) in [6.07, 6.45) is 7.88. The average molecular weight is 379 g/mol. The lowest BCUT2D eigenvalue weighted by molar-refractivity contribution is -0.135. The van der Waals surface area contributed by atoms with E-state index in [1.54, 1.807) is 0 Å². The third-order valence-electron chi connectivity index (χ3n) is 6.19. The number of aryl methyl sites for hydroxylation is 1. The van der Waals surface area contributed by atoms with Crippen LogP contribution in [0.3, 0.4) is 0 Å². The monoisotopic (exact) mass is 378 g/mol. The number of carbonyl (C=O) groups excluding carboxylic acids is 1. The van der Waals surface area contributed by atoms with Crippen LogP contribution in [0.1, 0.15) is 69.0 Å². The molecule has 2 heterocycles. The van der Waals surface area contributed by atoms with Gasteiger partial charge in [0.2, 0.25) is 5.91 Å². The number of piperidine rings is 1. The number of halogens is 1. The van der Waals surface area contributed by atoms with Gasteiger partial charge in [0.25, 0.3) is 0 Å². The van der Waals surface area contributed by atoms with E-state index in [2.05, 4.69) is 48.3 Å². The van der Waals surface area contributed by atoms with Crippen LogP contribution in [0, 0.1) is 18.8 Å². The second-order valence-electron chi connectivity index (χ2n) is 8.14. The van der Waals surface area contributed by atoms with Crippen LogP contribution in [0.4, 0.5) is 0 Å². The molecule has 1 aromatic carbocycles. The van der Waals surface area contributed by atoms with E-state index in [1.807, 2.05) is 0 Å². The zero-order valence-corrected chi connectivity index (χ0v) is 17.2. The minimum Gasteiger partial charge on any atom is -0.336 e. The zero-order chi connectivity index (χ0) is 17.6. The molecule has 0 aromatic heterocycles. The summed E-state index contributed by atoms with van der Waals surface area (Å²) in [5.41, 5.74) is 2.61. The van der Waals surface area contributed by atoms with Crippen molar-refractivity contribution in [1.29, 1.82) is 0 Å². The van der Waals surface area contributed by atoms with E-state index in [4.69, 9.17) is 0 Å². The van der Waals surface area contributed by atoms with E-state index in [0.717, 1.165) is 32.5 Å². The number of hydrogen-bond acceptors (Lipinski definition) is 2. The van der Waals surface area contributed by atoms with Crippen molar-refractivity contribution < 1.29 is 4.79 Å². The van der Waals surface area contributed by atoms with E-state index in [0.29, 0.717) is 24.2 Å². The quantitative estimate of drug-likeness (QED) is 0.809. The molecule has 0 saturated carbocycles. The topological polar surface area (TPSA) is 32.3 Å². The molecule has 1 N–H and O–H groups in total. The Kier molecular flexibility index (Phi) is 8.43. The van der Waals surface area contributed by atoms with Gasteiger partial charge in [-0.05, 0) is 63.1 Å². The van der Waals surface area contributed by atoms with Crippen molar-refractivity contribution in [3.05, 3.63) is 35.4 Å². The molecule has 0 radical (unpaired) electrons. The third kappa shape index (κ3) is 5.47. The number of nitrogens with one attached hydrogen (secondary N) is 1. The molecular weight excluding hydrogens is 344 g/mol. The fraction of sp³-hybridized carbons (Fsp3) is 0.682. The van der Waals surface area contributed by atoms with Gasteiger partial charge in [-0.2, -0.15) is 0 Å². The molecule has 26 heavy (non-hydrogen) atoms. The first kappa shape index (κ1) is 21.2. The first-order chi connectivity index (χ1) is 12.1. The van der Waals surface area contributed by atoms with Crippen LogP contribution in [-0.4, -0.2) is 30.4 Å². The Morgan fingerprint density at radius 3 is 2.69 bits per heavy atom. The Bertz CT molecular complexity index is 571. The molecule has 146 valence electrons. The Labute approximate surface area is 165 Å². The number of rotatable bonds is 4. The Morgan fingerprint density at radius 2 is 1.96 bits per heavy atom. The molecule has 3 rings (SSSR count). The van der Waals surface area contributed by atoms with Crippen LogP contribution in [0.2, 0.25) is 0 Å². The van der Waals surface area contributed by atoms with Crippen molar-refractivity contribution >= 4 is 18.3 Å². The summed E-state index contributed by atoms with van der Waals surface area (Å²) >= 11 is 0. The van der Waals surface area contributed by atoms with Crippen molar-refractivity contribution in [3.8, 4) is 0 Å². The number of hydrogen-bond donors (Lipinski definition) is 1. The van der Waals surface area contributed by atoms with E-state index < -0.39 is 0 Å². The Balaban J connectivity index is 0.00000243. The zero-order valence-electron chi connectivity index (χ0n) is 16.4. The van der Waals surface area contributed by atoms with Gasteiger partial charge >= 0.3 is 0 Å². The predicted octanol–water partition coefficient (Wildman–Crippen LogP) is 4.89. The minimum absolute atomic E-state index is 0. The molecule has 0 spiro atoms. The van der Waals surface area contributed by atoms with Gasteiger partial charge in [0.1, 0.15) is 0 Å². The molecule has 2 fully saturated rings. The number of likely N-dealkylation sites (tertiary alicyclic amines) is 1. The standard InChI is InChI=1S/C22H34N2O.ClH/c1-17-7-6-8-20(15-17)21-9-4-3-5-14-24(21)22(25)16-18(2)19-10-12-23-13-11-19;/h6-8,15,18-19,21,23H,3-5,9-14,16H2,1-2H3;1H. The highest BCUT2D eigenvalue weighted by Gasteiger charge is 2.29. The molecular formula is C22H35ClN2O. The summed E-state index contributed by atoms with van der Waals surface area (Å²) in [5.74, 6) is 1.57. The van der Waals surface area contributed by atoms with Gasteiger partial charge in [-0.3, -0.25) is 4.79 Å². The molecule has 0 aliphatic carbocycles. The van der Waals surface area contributed by atoms with Gasteiger partial charge in [-0.1, -0.05) is 49.6 Å². The Morgan fingerprint density at radius 1 is 1.19 bits per heavy atom. The number of amides is 1. The maximum absolute atomic E-state index is 13.2. The van der Waals surface area contributed by atoms with E-state index in [9.17, 15) is 4.79 Å². The molecule has 3 nitrogen and oxygen atoms in total. The normalized spacial score (nSPS) is 23.0. The summed E-state index contributed by atoms with van der Waals surface area (Å²) in [7, 11) is 0. The van der Waals surface area contributed by atoms with Crippen LogP contribution in [0.25, 0.3) is 0 Å². The molecule has 2 aliphatic heterocycles. The minimum atomic E-state index is 0. The SMILES string of the molecule is Cc1cccc(C2CCCCCN2C(=O)CC(C)C2CCNCC2)c1.Cl. The largest absolute Gasteiger partial charge is 0.336 e. The van der Waals surface area contributed by atoms with Gasteiger partial charge < -0.3 is 10.2 Å². The van der Waals surface area contributed by atoms with Gasteiger partial charge in [0.15, 0.2) is 0 Å². The first-order valence-electron chi connectivity index (χ1n) is 10.2. The smallest absolute Gasteiger partial charge is 0.223 e. The van der Waals surface area contributed by atoms with Gasteiger partial charge in [-0.25, -0.2) is 0 Å². The molecule has 2 aliphatic rings. The highest BCUT2D eigenvalue weighted by atomic mass is 35.5. The van der Waals surface area contributed by atoms with E-state index in [1.165, 1.54) is 36.8 Å². The average Bonchev–Trinajstić information content (AvgIpc) is 2.88. The van der Waals surface area contributed by atoms with Crippen molar-refractivity contribution in [3.63, 3.8) is 0 Å². The molecule has 2 unspecified atom stereocenters. The summed E-state index contributed by atoms with van der Waals surface area (Å²) in [6.45, 7) is 7.58. The lowest BCUT2D eigenvalue weighted by atomic mass is 9.83. The number of benzene rings is 1. The van der Waals surface area contributed by atoms with Crippen LogP contribution in [0.5, 0.6) is 0 Å². The fourth-order valence-electron chi connectivity index (χ4n) is 4.60. The predicted molar refractivity (Wildman–Crippen MR) is 111 cm³/mol. The molecule has 1 amide bonds. The van der Waals surface area contributed by atoms with Gasteiger partial charge in [0, 0.05) is 13.0 Å². The fourth-order valence-corrected chi connectivity index (χ4v) is 4.60. The van der Waals surface area contributed by atoms with Crippen molar-refractivity contribution in [2.75, 3.05) is 19.6 Å². The lowest BCUT2D eigenvalue weighted by Crippen LogP contribution is -2.37. The van der Waals surface area contributed by atoms with Crippen LogP contribution < -0.4 is 5.32 Å². The third-order valence-corrected chi connectivity index (χ3v) is 6.19. The van der Waals surface area contributed by atoms with E-state index >= 15 is 0 Å².